The van der Waals surface area contributed by atoms with E-state index in [0.717, 1.165) is 31.6 Å². The number of likely N-dealkylation sites (N-methyl/N-ethyl adjacent to an activating group) is 1. The Morgan fingerprint density at radius 2 is 1.86 bits per heavy atom. The SMILES string of the molecule is COOSN(C)OCCNC1CCC(C)CC1N(C)CCOP(=O)(OC)OC. The molecule has 3 atom stereocenters. The van der Waals surface area contributed by atoms with Gasteiger partial charge in [-0.2, -0.15) is 0 Å². The van der Waals surface area contributed by atoms with E-state index in [2.05, 4.69) is 29.1 Å². The Labute approximate surface area is 173 Å². The van der Waals surface area contributed by atoms with E-state index in [1.54, 1.807) is 7.05 Å². The van der Waals surface area contributed by atoms with Gasteiger partial charge < -0.3 is 5.32 Å². The highest BCUT2D eigenvalue weighted by molar-refractivity contribution is 7.92. The van der Waals surface area contributed by atoms with Gasteiger partial charge in [0.25, 0.3) is 0 Å². The standard InChI is InChI=1S/C16H36N3O7PS/c1-14-7-8-15(17-9-11-24-19(3)28-26-21-4)16(13-14)18(2)10-12-25-27(20,22-5)23-6/h14-17H,7-13H2,1-6H3. The summed E-state index contributed by atoms with van der Waals surface area (Å²) in [6, 6.07) is 0.718. The van der Waals surface area contributed by atoms with E-state index in [9.17, 15) is 4.57 Å². The summed E-state index contributed by atoms with van der Waals surface area (Å²) in [5, 5.41) is 3.59. The minimum Gasteiger partial charge on any atom is -0.310 e. The maximum Gasteiger partial charge on any atom is 0.474 e. The van der Waals surface area contributed by atoms with Crippen LogP contribution in [0.4, 0.5) is 0 Å². The zero-order valence-electron chi connectivity index (χ0n) is 17.8. The molecule has 0 aromatic carbocycles. The Morgan fingerprint density at radius 3 is 2.50 bits per heavy atom. The van der Waals surface area contributed by atoms with Crippen LogP contribution >= 0.6 is 20.1 Å². The highest BCUT2D eigenvalue weighted by Gasteiger charge is 2.31. The summed E-state index contributed by atoms with van der Waals surface area (Å²) >= 11 is 0.978. The van der Waals surface area contributed by atoms with E-state index in [1.165, 1.54) is 32.2 Å². The average Bonchev–Trinajstić information content (AvgIpc) is 2.70. The van der Waals surface area contributed by atoms with Crippen molar-refractivity contribution >= 4 is 20.1 Å². The van der Waals surface area contributed by atoms with Gasteiger partial charge in [-0.05, 0) is 32.2 Å². The van der Waals surface area contributed by atoms with Crippen molar-refractivity contribution in [2.45, 2.75) is 38.3 Å². The number of hydrogen-bond donors (Lipinski definition) is 1. The third kappa shape index (κ3) is 9.82. The molecule has 1 N–H and O–H groups in total. The smallest absolute Gasteiger partial charge is 0.310 e. The van der Waals surface area contributed by atoms with Crippen molar-refractivity contribution in [2.75, 3.05) is 61.7 Å². The molecule has 1 saturated carbocycles. The molecule has 1 fully saturated rings. The molecule has 0 bridgehead atoms. The van der Waals surface area contributed by atoms with E-state index in [1.807, 2.05) is 0 Å². The molecule has 1 aliphatic rings. The first-order valence-corrected chi connectivity index (χ1v) is 11.5. The van der Waals surface area contributed by atoms with Gasteiger partial charge >= 0.3 is 7.82 Å². The summed E-state index contributed by atoms with van der Waals surface area (Å²) in [5.41, 5.74) is 0. The summed E-state index contributed by atoms with van der Waals surface area (Å²) in [5.74, 6) is 0.667. The molecule has 0 aromatic heterocycles. The number of phosphoric ester groups is 1. The number of hydrogen-bond acceptors (Lipinski definition) is 11. The Morgan fingerprint density at radius 1 is 1.14 bits per heavy atom. The molecule has 10 nitrogen and oxygen atoms in total. The lowest BCUT2D eigenvalue weighted by Crippen LogP contribution is -2.53. The zero-order valence-corrected chi connectivity index (χ0v) is 19.5. The number of nitrogens with one attached hydrogen (secondary N) is 1. The minimum absolute atomic E-state index is 0.275. The van der Waals surface area contributed by atoms with Crippen molar-refractivity contribution in [1.29, 1.82) is 0 Å². The maximum absolute atomic E-state index is 12.0. The molecule has 1 aliphatic carbocycles. The second kappa shape index (κ2) is 14.3. The van der Waals surface area contributed by atoms with Crippen LogP contribution < -0.4 is 5.32 Å². The van der Waals surface area contributed by atoms with Gasteiger partial charge in [-0.3, -0.25) is 23.3 Å². The minimum atomic E-state index is -3.43. The molecule has 3 unspecified atom stereocenters. The first kappa shape index (κ1) is 26.3. The number of phosphoric acid groups is 1. The molecular weight excluding hydrogens is 409 g/mol. The summed E-state index contributed by atoms with van der Waals surface area (Å²) in [7, 11) is 4.46. The lowest BCUT2D eigenvalue weighted by atomic mass is 9.82. The van der Waals surface area contributed by atoms with Gasteiger partial charge in [-0.15, -0.1) is 8.80 Å². The van der Waals surface area contributed by atoms with Crippen LogP contribution in [0.15, 0.2) is 0 Å². The first-order chi connectivity index (χ1) is 13.3. The molecule has 168 valence electrons. The largest absolute Gasteiger partial charge is 0.474 e. The lowest BCUT2D eigenvalue weighted by molar-refractivity contribution is -0.175. The van der Waals surface area contributed by atoms with Gasteiger partial charge in [-0.1, -0.05) is 6.92 Å². The second-order valence-electron chi connectivity index (χ2n) is 6.75. The summed E-state index contributed by atoms with van der Waals surface area (Å²) < 4.78 is 33.1. The van der Waals surface area contributed by atoms with E-state index in [0.29, 0.717) is 31.2 Å². The number of nitrogens with zero attached hydrogens (tertiary/aromatic N) is 2. The fraction of sp³-hybridized carbons (Fsp3) is 1.00. The molecule has 28 heavy (non-hydrogen) atoms. The zero-order chi connectivity index (χ0) is 21.0. The Bertz CT molecular complexity index is 458. The van der Waals surface area contributed by atoms with Crippen molar-refractivity contribution < 1.29 is 32.2 Å². The molecule has 0 saturated heterocycles. The van der Waals surface area contributed by atoms with Crippen LogP contribution in [0.3, 0.4) is 0 Å². The van der Waals surface area contributed by atoms with Crippen LogP contribution in [0.5, 0.6) is 0 Å². The van der Waals surface area contributed by atoms with E-state index in [-0.39, 0.29) is 6.61 Å². The van der Waals surface area contributed by atoms with Gasteiger partial charge in [0.2, 0.25) is 0 Å². The van der Waals surface area contributed by atoms with Crippen LogP contribution in [0.25, 0.3) is 0 Å². The van der Waals surface area contributed by atoms with Crippen LogP contribution in [-0.2, 0) is 32.2 Å². The van der Waals surface area contributed by atoms with E-state index < -0.39 is 7.82 Å². The monoisotopic (exact) mass is 445 g/mol. The highest BCUT2D eigenvalue weighted by atomic mass is 32.2. The second-order valence-corrected chi connectivity index (χ2v) is 9.44. The van der Waals surface area contributed by atoms with Gasteiger partial charge in [0, 0.05) is 46.4 Å². The van der Waals surface area contributed by atoms with Crippen molar-refractivity contribution in [2.24, 2.45) is 5.92 Å². The first-order valence-electron chi connectivity index (χ1n) is 9.39. The van der Waals surface area contributed by atoms with Gasteiger partial charge in [-0.25, -0.2) is 9.45 Å². The molecule has 0 amide bonds. The molecule has 0 aromatic rings. The molecule has 0 radical (unpaired) electrons. The van der Waals surface area contributed by atoms with Crippen molar-refractivity contribution in [1.82, 2.24) is 14.7 Å². The van der Waals surface area contributed by atoms with Gasteiger partial charge in [0.05, 0.1) is 20.3 Å². The van der Waals surface area contributed by atoms with Crippen LogP contribution in [0.1, 0.15) is 26.2 Å². The Balaban J connectivity index is 2.41. The van der Waals surface area contributed by atoms with Gasteiger partial charge in [0.15, 0.2) is 0 Å². The fourth-order valence-corrected chi connectivity index (χ4v) is 4.16. The van der Waals surface area contributed by atoms with E-state index in [4.69, 9.17) is 22.7 Å². The Kier molecular flexibility index (Phi) is 13.4. The average molecular weight is 446 g/mol. The lowest BCUT2D eigenvalue weighted by Gasteiger charge is -2.41. The third-order valence-corrected chi connectivity index (χ3v) is 6.68. The maximum atomic E-state index is 12.0. The molecular formula is C16H36N3O7PS. The number of rotatable bonds is 15. The number of hydroxylamine groups is 1. The van der Waals surface area contributed by atoms with Crippen molar-refractivity contribution in [3.63, 3.8) is 0 Å². The van der Waals surface area contributed by atoms with Gasteiger partial charge in [0.1, 0.15) is 12.2 Å². The molecule has 1 rings (SSSR count). The van der Waals surface area contributed by atoms with E-state index >= 15 is 0 Å². The van der Waals surface area contributed by atoms with Crippen LogP contribution in [0, 0.1) is 5.92 Å². The topological polar surface area (TPSA) is 91.0 Å². The van der Waals surface area contributed by atoms with Crippen LogP contribution in [0.2, 0.25) is 0 Å². The van der Waals surface area contributed by atoms with Crippen LogP contribution in [-0.4, -0.2) is 83.2 Å². The fourth-order valence-electron chi connectivity index (χ4n) is 3.23. The summed E-state index contributed by atoms with van der Waals surface area (Å²) in [6.07, 6.45) is 3.39. The molecule has 0 spiro atoms. The highest BCUT2D eigenvalue weighted by Crippen LogP contribution is 2.47. The van der Waals surface area contributed by atoms with Crippen molar-refractivity contribution in [3.05, 3.63) is 0 Å². The predicted molar refractivity (Wildman–Crippen MR) is 108 cm³/mol. The molecule has 12 heteroatoms. The summed E-state index contributed by atoms with van der Waals surface area (Å²) in [4.78, 5) is 12.3. The molecule has 0 aliphatic heterocycles. The Hall–Kier alpha value is 0.220. The third-order valence-electron chi connectivity index (χ3n) is 4.77. The normalized spacial score (nSPS) is 23.6. The quantitative estimate of drug-likeness (QED) is 0.101. The molecule has 0 heterocycles. The van der Waals surface area contributed by atoms with Crippen molar-refractivity contribution in [3.8, 4) is 0 Å². The summed E-state index contributed by atoms with van der Waals surface area (Å²) in [6.45, 7) is 4.43. The predicted octanol–water partition coefficient (Wildman–Crippen LogP) is 2.49.